The molecule has 1 aromatic rings. The zero-order chi connectivity index (χ0) is 13.4. The molecule has 5 nitrogen and oxygen atoms in total. The number of rotatable bonds is 1. The van der Waals surface area contributed by atoms with Gasteiger partial charge in [0, 0.05) is 19.5 Å². The number of hydroxylamine groups is 1. The van der Waals surface area contributed by atoms with Gasteiger partial charge in [0.2, 0.25) is 12.1 Å². The summed E-state index contributed by atoms with van der Waals surface area (Å²) in [5, 5.41) is 12.1. The molecule has 0 N–H and O–H groups in total. The minimum absolute atomic E-state index is 0.199. The van der Waals surface area contributed by atoms with Gasteiger partial charge in [0.25, 0.3) is 0 Å². The third-order valence-corrected chi connectivity index (χ3v) is 3.66. The van der Waals surface area contributed by atoms with Crippen molar-refractivity contribution in [1.29, 1.82) is 0 Å². The monoisotopic (exact) mass is 260 g/mol. The molecule has 3 rings (SSSR count). The van der Waals surface area contributed by atoms with Gasteiger partial charge in [-0.1, -0.05) is 0 Å². The molecular weight excluding hydrogens is 244 g/mol. The van der Waals surface area contributed by atoms with Gasteiger partial charge < -0.3 is 14.5 Å². The van der Waals surface area contributed by atoms with E-state index in [1.54, 1.807) is 18.3 Å². The first-order valence-electron chi connectivity index (χ1n) is 6.54. The normalized spacial score (nSPS) is 21.6. The average Bonchev–Trinajstić information content (AvgIpc) is 2.66. The van der Waals surface area contributed by atoms with Gasteiger partial charge in [-0.05, 0) is 31.4 Å². The van der Waals surface area contributed by atoms with Crippen molar-refractivity contribution in [2.75, 3.05) is 0 Å². The molecule has 0 fully saturated rings. The van der Waals surface area contributed by atoms with E-state index in [2.05, 4.69) is 0 Å². The van der Waals surface area contributed by atoms with E-state index in [4.69, 9.17) is 4.74 Å². The Hall–Kier alpha value is -2.04. The van der Waals surface area contributed by atoms with Crippen LogP contribution >= 0.6 is 0 Å². The lowest BCUT2D eigenvalue weighted by molar-refractivity contribution is -0.406. The lowest BCUT2D eigenvalue weighted by Crippen LogP contribution is -2.19. The Morgan fingerprint density at radius 1 is 1.53 bits per heavy atom. The van der Waals surface area contributed by atoms with Crippen LogP contribution < -0.4 is 4.74 Å². The Bertz CT molecular complexity index is 584. The Morgan fingerprint density at radius 3 is 3.16 bits per heavy atom. The molecule has 1 aliphatic carbocycles. The molecule has 0 aromatic carbocycles. The molecule has 0 radical (unpaired) electrons. The summed E-state index contributed by atoms with van der Waals surface area (Å²) in [6.45, 7) is 2.07. The highest BCUT2D eigenvalue weighted by Gasteiger charge is 2.29. The number of ether oxygens (including phenoxy) is 1. The molecule has 0 bridgehead atoms. The van der Waals surface area contributed by atoms with Gasteiger partial charge in [-0.3, -0.25) is 4.79 Å². The fraction of sp³-hybridized carbons (Fsp3) is 0.429. The van der Waals surface area contributed by atoms with Crippen molar-refractivity contribution >= 4 is 12.2 Å². The zero-order valence-corrected chi connectivity index (χ0v) is 10.8. The highest BCUT2D eigenvalue weighted by Crippen LogP contribution is 2.31. The van der Waals surface area contributed by atoms with Gasteiger partial charge in [-0.25, -0.2) is 0 Å². The highest BCUT2D eigenvalue weighted by atomic mass is 16.5. The number of carbonyl (C=O) groups is 1. The first-order chi connectivity index (χ1) is 9.15. The summed E-state index contributed by atoms with van der Waals surface area (Å²) in [7, 11) is 0. The van der Waals surface area contributed by atoms with Crippen molar-refractivity contribution in [2.45, 2.75) is 32.7 Å². The fourth-order valence-corrected chi connectivity index (χ4v) is 2.81. The van der Waals surface area contributed by atoms with Crippen LogP contribution in [0.4, 0.5) is 0 Å². The Kier molecular flexibility index (Phi) is 2.89. The zero-order valence-electron chi connectivity index (χ0n) is 10.8. The van der Waals surface area contributed by atoms with Crippen molar-refractivity contribution in [3.05, 3.63) is 34.8 Å². The Labute approximate surface area is 111 Å². The van der Waals surface area contributed by atoms with Crippen LogP contribution in [-0.4, -0.2) is 21.5 Å². The summed E-state index contributed by atoms with van der Waals surface area (Å²) < 4.78 is 8.05. The molecule has 5 heteroatoms. The summed E-state index contributed by atoms with van der Waals surface area (Å²) in [5.74, 6) is 0.368. The van der Waals surface area contributed by atoms with Crippen LogP contribution in [0.3, 0.4) is 0 Å². The van der Waals surface area contributed by atoms with Crippen LogP contribution in [0.15, 0.2) is 23.9 Å². The molecule has 100 valence electrons. The van der Waals surface area contributed by atoms with Crippen LogP contribution in [0, 0.1) is 11.1 Å². The first-order valence-corrected chi connectivity index (χ1v) is 6.54. The average molecular weight is 260 g/mol. The van der Waals surface area contributed by atoms with E-state index in [9.17, 15) is 10.0 Å². The molecule has 0 saturated heterocycles. The van der Waals surface area contributed by atoms with Gasteiger partial charge in [0.15, 0.2) is 5.70 Å². The second-order valence-corrected chi connectivity index (χ2v) is 5.01. The molecule has 1 atom stereocenters. The van der Waals surface area contributed by atoms with Gasteiger partial charge in [-0.15, -0.1) is 0 Å². The maximum Gasteiger partial charge on any atom is 0.309 e. The minimum atomic E-state index is -0.344. The largest absolute Gasteiger partial charge is 0.618 e. The number of esters is 1. The third-order valence-electron chi connectivity index (χ3n) is 3.66. The van der Waals surface area contributed by atoms with Crippen molar-refractivity contribution in [3.8, 4) is 5.88 Å². The topological polar surface area (TPSA) is 57.3 Å². The van der Waals surface area contributed by atoms with Gasteiger partial charge in [0.1, 0.15) is 5.69 Å². The summed E-state index contributed by atoms with van der Waals surface area (Å²) in [4.78, 5) is 11.1. The number of aromatic nitrogens is 1. The van der Waals surface area contributed by atoms with Gasteiger partial charge >= 0.3 is 5.97 Å². The van der Waals surface area contributed by atoms with Crippen LogP contribution in [0.25, 0.3) is 0 Å². The van der Waals surface area contributed by atoms with Crippen molar-refractivity contribution < 1.29 is 14.3 Å². The van der Waals surface area contributed by atoms with E-state index >= 15 is 0 Å². The van der Waals surface area contributed by atoms with Crippen LogP contribution in [0.1, 0.15) is 31.9 Å². The van der Waals surface area contributed by atoms with E-state index in [0.29, 0.717) is 12.4 Å². The quantitative estimate of drug-likeness (QED) is 0.441. The summed E-state index contributed by atoms with van der Waals surface area (Å²) >= 11 is 0. The predicted molar refractivity (Wildman–Crippen MR) is 70.0 cm³/mol. The van der Waals surface area contributed by atoms with Crippen LogP contribution in [-0.2, 0) is 11.3 Å². The highest BCUT2D eigenvalue weighted by molar-refractivity contribution is 5.76. The fourth-order valence-electron chi connectivity index (χ4n) is 2.81. The number of nitrogens with zero attached hydrogens (tertiary/aromatic N) is 2. The molecular formula is C14H16N2O3. The number of hydrogen-bond acceptors (Lipinski definition) is 3. The molecule has 19 heavy (non-hydrogen) atoms. The maximum absolute atomic E-state index is 12.1. The van der Waals surface area contributed by atoms with E-state index in [1.807, 2.05) is 10.6 Å². The lowest BCUT2D eigenvalue weighted by atomic mass is 9.92. The first kappa shape index (κ1) is 12.0. The number of carbonyl (C=O) groups excluding carboxylic acids is 1. The summed E-state index contributed by atoms with van der Waals surface area (Å²) in [6, 6.07) is 3.54. The Morgan fingerprint density at radius 2 is 2.37 bits per heavy atom. The van der Waals surface area contributed by atoms with E-state index in [1.165, 1.54) is 6.92 Å². The lowest BCUT2D eigenvalue weighted by Gasteiger charge is -2.21. The third kappa shape index (κ3) is 2.16. The number of fused-ring (bicyclic) bond motifs is 2. The molecule has 1 aliphatic heterocycles. The number of hydrogen-bond donors (Lipinski definition) is 0. The molecule has 2 aliphatic rings. The Balaban J connectivity index is 2.02. The van der Waals surface area contributed by atoms with Gasteiger partial charge in [-0.2, -0.15) is 4.74 Å². The standard InChI is InChI=1S/C14H16N2O3/c1-10(17)19-14-7-6-12-9-16(18)13-5-3-2-4-11(13)8-15(12)14/h5-7,9,11H,2-4,8H2,1H3. The van der Waals surface area contributed by atoms with Crippen LogP contribution in [0.5, 0.6) is 5.88 Å². The second-order valence-electron chi connectivity index (χ2n) is 5.01. The van der Waals surface area contributed by atoms with Gasteiger partial charge in [0.05, 0.1) is 5.92 Å². The smallest absolute Gasteiger partial charge is 0.309 e. The number of allylic oxidation sites excluding steroid dienone is 2. The van der Waals surface area contributed by atoms with Crippen LogP contribution in [0.2, 0.25) is 0 Å². The summed E-state index contributed by atoms with van der Waals surface area (Å²) in [5.41, 5.74) is 1.62. The second kappa shape index (κ2) is 4.57. The van der Waals surface area contributed by atoms with E-state index < -0.39 is 0 Å². The van der Waals surface area contributed by atoms with Crippen molar-refractivity contribution in [3.63, 3.8) is 0 Å². The van der Waals surface area contributed by atoms with Crippen molar-refractivity contribution in [1.82, 2.24) is 4.57 Å². The molecule has 0 saturated carbocycles. The van der Waals surface area contributed by atoms with E-state index in [-0.39, 0.29) is 11.9 Å². The molecule has 0 amide bonds. The SMILES string of the molecule is CC(=O)Oc1ccc2n1CC1CCCC=C1[N+]([O-])=C2. The molecule has 1 aromatic heterocycles. The minimum Gasteiger partial charge on any atom is -0.618 e. The molecule has 0 spiro atoms. The predicted octanol–water partition coefficient (Wildman–Crippen LogP) is 2.04. The van der Waals surface area contributed by atoms with Crippen molar-refractivity contribution in [2.24, 2.45) is 5.92 Å². The maximum atomic E-state index is 12.1. The molecule has 1 unspecified atom stereocenters. The molecule has 2 heterocycles. The summed E-state index contributed by atoms with van der Waals surface area (Å²) in [6.07, 6.45) is 6.64. The van der Waals surface area contributed by atoms with E-state index in [0.717, 1.165) is 35.4 Å².